The number of anilines is 3. The van der Waals surface area contributed by atoms with Gasteiger partial charge in [-0.15, -0.1) is 0 Å². The summed E-state index contributed by atoms with van der Waals surface area (Å²) >= 11 is 1.23. The largest absolute Gasteiger partial charge is 0.493 e. The van der Waals surface area contributed by atoms with Gasteiger partial charge in [-0.1, -0.05) is 36.5 Å². The van der Waals surface area contributed by atoms with Gasteiger partial charge in [0.05, 0.1) is 14.2 Å². The number of rotatable bonds is 7. The highest BCUT2D eigenvalue weighted by molar-refractivity contribution is 7.18. The molecule has 0 bridgehead atoms. The van der Waals surface area contributed by atoms with Crippen LogP contribution in [0.3, 0.4) is 0 Å². The van der Waals surface area contributed by atoms with E-state index in [1.54, 1.807) is 25.3 Å². The second kappa shape index (κ2) is 8.09. The van der Waals surface area contributed by atoms with E-state index in [2.05, 4.69) is 23.3 Å². The SMILES string of the molecule is CCc1ccccc1Nc1nc(N)c(C(=O)c2ccc(OC)c(OC)c2)s1. The Morgan fingerprint density at radius 1 is 1.15 bits per heavy atom. The maximum absolute atomic E-state index is 12.9. The van der Waals surface area contributed by atoms with Crippen molar-refractivity contribution in [2.45, 2.75) is 13.3 Å². The number of nitrogens with two attached hydrogens (primary N) is 1. The van der Waals surface area contributed by atoms with E-state index < -0.39 is 0 Å². The summed E-state index contributed by atoms with van der Waals surface area (Å²) in [6.45, 7) is 2.09. The number of carbonyl (C=O) groups excluding carboxylic acids is 1. The quantitative estimate of drug-likeness (QED) is 0.592. The standard InChI is InChI=1S/C20H21N3O3S/c1-4-12-7-5-6-8-14(12)22-20-23-19(21)18(27-20)17(24)13-9-10-15(25-2)16(11-13)26-3/h5-11H,4,21H2,1-3H3,(H,22,23). The van der Waals surface area contributed by atoms with Crippen molar-refractivity contribution in [2.24, 2.45) is 0 Å². The topological polar surface area (TPSA) is 86.5 Å². The molecule has 6 nitrogen and oxygen atoms in total. The first-order valence-electron chi connectivity index (χ1n) is 8.45. The fourth-order valence-corrected chi connectivity index (χ4v) is 3.58. The van der Waals surface area contributed by atoms with Crippen molar-refractivity contribution in [1.82, 2.24) is 4.98 Å². The van der Waals surface area contributed by atoms with E-state index in [0.717, 1.165) is 12.1 Å². The highest BCUT2D eigenvalue weighted by atomic mass is 32.1. The number of ketones is 1. The average Bonchev–Trinajstić information content (AvgIpc) is 3.07. The lowest BCUT2D eigenvalue weighted by atomic mass is 10.1. The fourth-order valence-electron chi connectivity index (χ4n) is 2.72. The smallest absolute Gasteiger partial charge is 0.206 e. The predicted molar refractivity (Wildman–Crippen MR) is 109 cm³/mol. The van der Waals surface area contributed by atoms with Gasteiger partial charge in [-0.05, 0) is 36.2 Å². The Bertz CT molecular complexity index is 969. The molecule has 1 heterocycles. The number of nitrogen functional groups attached to an aromatic ring is 1. The number of hydrogen-bond acceptors (Lipinski definition) is 7. The number of carbonyl (C=O) groups is 1. The molecule has 3 rings (SSSR count). The molecule has 0 aliphatic heterocycles. The van der Waals surface area contributed by atoms with Crippen LogP contribution in [0.1, 0.15) is 27.7 Å². The van der Waals surface area contributed by atoms with Crippen LogP contribution in [0.5, 0.6) is 11.5 Å². The number of nitrogens with one attached hydrogen (secondary N) is 1. The normalized spacial score (nSPS) is 10.5. The maximum atomic E-state index is 12.9. The molecule has 7 heteroatoms. The molecule has 0 aliphatic rings. The first-order chi connectivity index (χ1) is 13.1. The van der Waals surface area contributed by atoms with Gasteiger partial charge in [-0.3, -0.25) is 4.79 Å². The molecule has 0 saturated carbocycles. The summed E-state index contributed by atoms with van der Waals surface area (Å²) in [5.41, 5.74) is 8.60. The molecule has 0 atom stereocenters. The summed E-state index contributed by atoms with van der Waals surface area (Å²) < 4.78 is 10.5. The summed E-state index contributed by atoms with van der Waals surface area (Å²) in [5.74, 6) is 1.05. The number of aryl methyl sites for hydroxylation is 1. The van der Waals surface area contributed by atoms with Crippen LogP contribution in [0.25, 0.3) is 0 Å². The predicted octanol–water partition coefficient (Wildman–Crippen LogP) is 4.28. The van der Waals surface area contributed by atoms with E-state index in [0.29, 0.717) is 27.1 Å². The minimum absolute atomic E-state index is 0.205. The highest BCUT2D eigenvalue weighted by Crippen LogP contribution is 2.33. The zero-order valence-corrected chi connectivity index (χ0v) is 16.2. The molecule has 0 saturated heterocycles. The van der Waals surface area contributed by atoms with Gasteiger partial charge in [0.1, 0.15) is 10.7 Å². The molecule has 0 spiro atoms. The number of aromatic nitrogens is 1. The van der Waals surface area contributed by atoms with Crippen molar-refractivity contribution in [3.8, 4) is 11.5 Å². The van der Waals surface area contributed by atoms with Crippen molar-refractivity contribution >= 4 is 33.8 Å². The highest BCUT2D eigenvalue weighted by Gasteiger charge is 2.20. The number of benzene rings is 2. The molecular formula is C20H21N3O3S. The Hall–Kier alpha value is -3.06. The molecule has 3 aromatic rings. The number of para-hydroxylation sites is 1. The lowest BCUT2D eigenvalue weighted by Gasteiger charge is -2.08. The van der Waals surface area contributed by atoms with Crippen molar-refractivity contribution in [3.63, 3.8) is 0 Å². The second-order valence-electron chi connectivity index (χ2n) is 5.77. The lowest BCUT2D eigenvalue weighted by molar-refractivity contribution is 0.104. The van der Waals surface area contributed by atoms with E-state index in [-0.39, 0.29) is 11.6 Å². The first kappa shape index (κ1) is 18.7. The Morgan fingerprint density at radius 3 is 2.59 bits per heavy atom. The van der Waals surface area contributed by atoms with E-state index in [1.165, 1.54) is 24.0 Å². The number of hydrogen-bond donors (Lipinski definition) is 2. The first-order valence-corrected chi connectivity index (χ1v) is 9.27. The third-order valence-electron chi connectivity index (χ3n) is 4.15. The van der Waals surface area contributed by atoms with Gasteiger partial charge in [0.25, 0.3) is 0 Å². The summed E-state index contributed by atoms with van der Waals surface area (Å²) in [4.78, 5) is 17.6. The Balaban J connectivity index is 1.89. The van der Waals surface area contributed by atoms with E-state index in [1.807, 2.05) is 18.2 Å². The number of thiazole rings is 1. The van der Waals surface area contributed by atoms with Crippen LogP contribution in [0, 0.1) is 0 Å². The van der Waals surface area contributed by atoms with E-state index in [4.69, 9.17) is 15.2 Å². The van der Waals surface area contributed by atoms with Crippen LogP contribution in [0.15, 0.2) is 42.5 Å². The average molecular weight is 383 g/mol. The van der Waals surface area contributed by atoms with Crippen molar-refractivity contribution in [1.29, 1.82) is 0 Å². The maximum Gasteiger partial charge on any atom is 0.206 e. The Labute approximate surface area is 162 Å². The van der Waals surface area contributed by atoms with Gasteiger partial charge in [-0.2, -0.15) is 0 Å². The van der Waals surface area contributed by atoms with Crippen LogP contribution in [-0.4, -0.2) is 25.0 Å². The second-order valence-corrected chi connectivity index (χ2v) is 6.77. The van der Waals surface area contributed by atoms with E-state index >= 15 is 0 Å². The molecule has 2 aromatic carbocycles. The Morgan fingerprint density at radius 2 is 1.89 bits per heavy atom. The van der Waals surface area contributed by atoms with E-state index in [9.17, 15) is 4.79 Å². The summed E-state index contributed by atoms with van der Waals surface area (Å²) in [5, 5.41) is 3.84. The molecular weight excluding hydrogens is 362 g/mol. The molecule has 140 valence electrons. The van der Waals surface area contributed by atoms with Crippen LogP contribution < -0.4 is 20.5 Å². The monoisotopic (exact) mass is 383 g/mol. The summed E-state index contributed by atoms with van der Waals surface area (Å²) in [6.07, 6.45) is 0.890. The minimum atomic E-state index is -0.206. The summed E-state index contributed by atoms with van der Waals surface area (Å²) in [7, 11) is 3.08. The van der Waals surface area contributed by atoms with Gasteiger partial charge in [0.2, 0.25) is 5.78 Å². The third-order valence-corrected chi connectivity index (χ3v) is 5.13. The molecule has 27 heavy (non-hydrogen) atoms. The molecule has 1 aromatic heterocycles. The third kappa shape index (κ3) is 3.88. The number of methoxy groups -OCH3 is 2. The van der Waals surface area contributed by atoms with Gasteiger partial charge < -0.3 is 20.5 Å². The van der Waals surface area contributed by atoms with Crippen molar-refractivity contribution < 1.29 is 14.3 Å². The summed E-state index contributed by atoms with van der Waals surface area (Å²) in [6, 6.07) is 13.0. The van der Waals surface area contributed by atoms with Gasteiger partial charge in [0, 0.05) is 11.3 Å². The molecule has 0 unspecified atom stereocenters. The molecule has 0 radical (unpaired) electrons. The van der Waals surface area contributed by atoms with Crippen molar-refractivity contribution in [2.75, 3.05) is 25.3 Å². The van der Waals surface area contributed by atoms with Gasteiger partial charge >= 0.3 is 0 Å². The zero-order chi connectivity index (χ0) is 19.4. The van der Waals surface area contributed by atoms with Crippen LogP contribution in [0.4, 0.5) is 16.6 Å². The minimum Gasteiger partial charge on any atom is -0.493 e. The molecule has 0 fully saturated rings. The van der Waals surface area contributed by atoms with Crippen LogP contribution >= 0.6 is 11.3 Å². The fraction of sp³-hybridized carbons (Fsp3) is 0.200. The molecule has 0 amide bonds. The number of nitrogens with zero attached hydrogens (tertiary/aromatic N) is 1. The van der Waals surface area contributed by atoms with Crippen LogP contribution in [0.2, 0.25) is 0 Å². The molecule has 0 aliphatic carbocycles. The van der Waals surface area contributed by atoms with Gasteiger partial charge in [-0.25, -0.2) is 4.98 Å². The Kier molecular flexibility index (Phi) is 5.61. The zero-order valence-electron chi connectivity index (χ0n) is 15.4. The number of ether oxygens (including phenoxy) is 2. The van der Waals surface area contributed by atoms with Crippen molar-refractivity contribution in [3.05, 3.63) is 58.5 Å². The molecule has 3 N–H and O–H groups in total. The van der Waals surface area contributed by atoms with Gasteiger partial charge in [0.15, 0.2) is 16.6 Å². The lowest BCUT2D eigenvalue weighted by Crippen LogP contribution is -2.03. The van der Waals surface area contributed by atoms with Crippen LogP contribution in [-0.2, 0) is 6.42 Å².